The average molecular weight is 292 g/mol. The van der Waals surface area contributed by atoms with E-state index in [0.29, 0.717) is 11.8 Å². The van der Waals surface area contributed by atoms with Gasteiger partial charge in [0.05, 0.1) is 13.1 Å². The van der Waals surface area contributed by atoms with Gasteiger partial charge < -0.3 is 4.90 Å². The van der Waals surface area contributed by atoms with E-state index < -0.39 is 5.92 Å². The molecule has 5 heteroatoms. The summed E-state index contributed by atoms with van der Waals surface area (Å²) in [5, 5.41) is 0. The highest BCUT2D eigenvalue weighted by Crippen LogP contribution is 2.53. The molecule has 2 heterocycles. The maximum absolute atomic E-state index is 12.8. The van der Waals surface area contributed by atoms with Crippen molar-refractivity contribution in [2.45, 2.75) is 12.5 Å². The van der Waals surface area contributed by atoms with Crippen molar-refractivity contribution in [2.75, 3.05) is 26.2 Å². The van der Waals surface area contributed by atoms with Crippen LogP contribution in [0.4, 0.5) is 8.78 Å². The van der Waals surface area contributed by atoms with E-state index in [1.807, 2.05) is 18.2 Å². The Balaban J connectivity index is 1.29. The summed E-state index contributed by atoms with van der Waals surface area (Å²) >= 11 is 0. The van der Waals surface area contributed by atoms with E-state index in [4.69, 9.17) is 0 Å². The number of carbonyl (C=O) groups excluding carboxylic acids is 1. The van der Waals surface area contributed by atoms with Crippen LogP contribution in [-0.2, 0) is 11.3 Å². The van der Waals surface area contributed by atoms with E-state index >= 15 is 0 Å². The van der Waals surface area contributed by atoms with E-state index in [2.05, 4.69) is 17.0 Å². The first-order chi connectivity index (χ1) is 10.0. The van der Waals surface area contributed by atoms with Gasteiger partial charge >= 0.3 is 0 Å². The highest BCUT2D eigenvalue weighted by atomic mass is 19.3. The Kier molecular flexibility index (Phi) is 2.83. The molecule has 3 fully saturated rings. The lowest BCUT2D eigenvalue weighted by Crippen LogP contribution is -2.59. The number of alkyl halides is 2. The molecule has 1 aliphatic carbocycles. The van der Waals surface area contributed by atoms with Gasteiger partial charge in [0.15, 0.2) is 0 Å². The number of hydrogen-bond donors (Lipinski definition) is 0. The van der Waals surface area contributed by atoms with Crippen LogP contribution in [0.15, 0.2) is 30.3 Å². The monoisotopic (exact) mass is 292 g/mol. The zero-order chi connectivity index (χ0) is 14.6. The van der Waals surface area contributed by atoms with Crippen LogP contribution in [0, 0.1) is 17.8 Å². The molecule has 1 saturated carbocycles. The molecule has 2 aliphatic heterocycles. The van der Waals surface area contributed by atoms with Crippen molar-refractivity contribution in [3.8, 4) is 0 Å². The van der Waals surface area contributed by atoms with Crippen molar-refractivity contribution < 1.29 is 13.6 Å². The van der Waals surface area contributed by atoms with Crippen molar-refractivity contribution in [2.24, 2.45) is 17.8 Å². The van der Waals surface area contributed by atoms with Crippen molar-refractivity contribution in [3.63, 3.8) is 0 Å². The number of benzene rings is 1. The molecule has 0 bridgehead atoms. The van der Waals surface area contributed by atoms with Crippen molar-refractivity contribution in [1.82, 2.24) is 9.80 Å². The van der Waals surface area contributed by atoms with Crippen molar-refractivity contribution >= 4 is 5.91 Å². The largest absolute Gasteiger partial charge is 0.330 e. The van der Waals surface area contributed by atoms with Gasteiger partial charge in [0.2, 0.25) is 5.91 Å². The number of piperidine rings is 1. The molecule has 0 radical (unpaired) electrons. The lowest BCUT2D eigenvalue weighted by molar-refractivity contribution is -0.167. The first-order valence-corrected chi connectivity index (χ1v) is 7.46. The fourth-order valence-electron chi connectivity index (χ4n) is 3.83. The summed E-state index contributed by atoms with van der Waals surface area (Å²) in [6.07, 6.45) is 0. The summed E-state index contributed by atoms with van der Waals surface area (Å²) in [5.74, 6) is -1.92. The molecule has 112 valence electrons. The van der Waals surface area contributed by atoms with Crippen LogP contribution in [-0.4, -0.2) is 47.8 Å². The zero-order valence-electron chi connectivity index (χ0n) is 11.7. The van der Waals surface area contributed by atoms with Gasteiger partial charge in [-0.15, -0.1) is 0 Å². The number of halogens is 2. The Bertz CT molecular complexity index is 543. The Morgan fingerprint density at radius 3 is 2.33 bits per heavy atom. The van der Waals surface area contributed by atoms with Gasteiger partial charge in [0.25, 0.3) is 5.92 Å². The number of carbonyl (C=O) groups is 1. The third-order valence-electron chi connectivity index (χ3n) is 4.96. The van der Waals surface area contributed by atoms with Gasteiger partial charge in [0.1, 0.15) is 0 Å². The smallest absolute Gasteiger partial charge is 0.282 e. The second-order valence-electron chi connectivity index (χ2n) is 6.58. The minimum Gasteiger partial charge on any atom is -0.330 e. The molecule has 0 N–H and O–H groups in total. The zero-order valence-corrected chi connectivity index (χ0v) is 11.7. The molecular weight excluding hydrogens is 274 g/mol. The molecule has 0 spiro atoms. The van der Waals surface area contributed by atoms with Crippen LogP contribution < -0.4 is 0 Å². The molecule has 1 aromatic rings. The second-order valence-corrected chi connectivity index (χ2v) is 6.58. The summed E-state index contributed by atoms with van der Waals surface area (Å²) in [4.78, 5) is 15.8. The Morgan fingerprint density at radius 1 is 1.14 bits per heavy atom. The predicted molar refractivity (Wildman–Crippen MR) is 73.7 cm³/mol. The minimum atomic E-state index is -2.65. The van der Waals surface area contributed by atoms with Crippen LogP contribution in [0.5, 0.6) is 0 Å². The maximum Gasteiger partial charge on any atom is 0.282 e. The van der Waals surface area contributed by atoms with Gasteiger partial charge in [-0.3, -0.25) is 9.69 Å². The molecule has 1 aromatic carbocycles. The van der Waals surface area contributed by atoms with Gasteiger partial charge in [0, 0.05) is 25.6 Å². The lowest BCUT2D eigenvalue weighted by atomic mass is 10.1. The van der Waals surface area contributed by atoms with E-state index in [1.165, 1.54) is 10.5 Å². The summed E-state index contributed by atoms with van der Waals surface area (Å²) in [6, 6.07) is 10.3. The molecule has 3 nitrogen and oxygen atoms in total. The number of likely N-dealkylation sites (tertiary alicyclic amines) is 2. The number of nitrogens with zero attached hydrogens (tertiary/aromatic N) is 2. The Morgan fingerprint density at radius 2 is 1.76 bits per heavy atom. The highest BCUT2D eigenvalue weighted by molar-refractivity contribution is 5.83. The van der Waals surface area contributed by atoms with E-state index in [9.17, 15) is 13.6 Å². The number of amides is 1. The van der Waals surface area contributed by atoms with Crippen LogP contribution in [0.3, 0.4) is 0 Å². The third-order valence-corrected chi connectivity index (χ3v) is 4.96. The Hall–Kier alpha value is -1.49. The van der Waals surface area contributed by atoms with Gasteiger partial charge in [-0.25, -0.2) is 8.78 Å². The minimum absolute atomic E-state index is 0.00752. The SMILES string of the molecule is O=C([C@H]1[C@@H]2CN(Cc3ccccc3)C[C@@H]21)N1CC(F)(F)C1. The van der Waals surface area contributed by atoms with Gasteiger partial charge in [-0.2, -0.15) is 0 Å². The Labute approximate surface area is 122 Å². The van der Waals surface area contributed by atoms with E-state index in [1.54, 1.807) is 0 Å². The topological polar surface area (TPSA) is 23.6 Å². The second kappa shape index (κ2) is 4.50. The van der Waals surface area contributed by atoms with Crippen LogP contribution in [0.2, 0.25) is 0 Å². The first-order valence-electron chi connectivity index (χ1n) is 7.46. The van der Waals surface area contributed by atoms with Gasteiger partial charge in [-0.1, -0.05) is 30.3 Å². The summed E-state index contributed by atoms with van der Waals surface area (Å²) in [5.41, 5.74) is 1.28. The van der Waals surface area contributed by atoms with Gasteiger partial charge in [-0.05, 0) is 17.4 Å². The fraction of sp³-hybridized carbons (Fsp3) is 0.562. The van der Waals surface area contributed by atoms with Crippen molar-refractivity contribution in [3.05, 3.63) is 35.9 Å². The average Bonchev–Trinajstić information content (AvgIpc) is 2.93. The van der Waals surface area contributed by atoms with E-state index in [-0.39, 0.29) is 24.9 Å². The summed E-state index contributed by atoms with van der Waals surface area (Å²) < 4.78 is 25.6. The number of hydrogen-bond acceptors (Lipinski definition) is 2. The fourth-order valence-corrected chi connectivity index (χ4v) is 3.83. The van der Waals surface area contributed by atoms with E-state index in [0.717, 1.165) is 19.6 Å². The molecule has 21 heavy (non-hydrogen) atoms. The molecule has 0 unspecified atom stereocenters. The van der Waals surface area contributed by atoms with Crippen LogP contribution in [0.25, 0.3) is 0 Å². The standard InChI is InChI=1S/C16H18F2N2O/c17-16(18)9-20(10-16)15(21)14-12-7-19(8-13(12)14)6-11-4-2-1-3-5-11/h1-5,12-14H,6-10H2/t12-,13+,14+. The normalized spacial score (nSPS) is 33.4. The summed E-state index contributed by atoms with van der Waals surface area (Å²) in [7, 11) is 0. The highest BCUT2D eigenvalue weighted by Gasteiger charge is 2.62. The molecule has 1 amide bonds. The summed E-state index contributed by atoms with van der Waals surface area (Å²) in [6.45, 7) is 1.99. The van der Waals surface area contributed by atoms with Crippen molar-refractivity contribution in [1.29, 1.82) is 0 Å². The molecular formula is C16H18F2N2O. The molecule has 4 rings (SSSR count). The maximum atomic E-state index is 12.8. The van der Waals surface area contributed by atoms with Crippen LogP contribution >= 0.6 is 0 Å². The number of rotatable bonds is 3. The molecule has 3 atom stereocenters. The predicted octanol–water partition coefficient (Wildman–Crippen LogP) is 1.84. The third kappa shape index (κ3) is 2.33. The quantitative estimate of drug-likeness (QED) is 0.849. The lowest BCUT2D eigenvalue weighted by Gasteiger charge is -2.39. The molecule has 3 aliphatic rings. The molecule has 2 saturated heterocycles. The molecule has 0 aromatic heterocycles. The van der Waals surface area contributed by atoms with Crippen LogP contribution in [0.1, 0.15) is 5.56 Å². The first kappa shape index (κ1) is 13.2. The number of fused-ring (bicyclic) bond motifs is 1.